The minimum Gasteiger partial charge on any atom is -0.352 e. The van der Waals surface area contributed by atoms with Crippen LogP contribution in [-0.2, 0) is 0 Å². The Morgan fingerprint density at radius 2 is 1.94 bits per heavy atom. The van der Waals surface area contributed by atoms with Crippen LogP contribution in [0.15, 0.2) is 16.6 Å². The zero-order valence-electron chi connectivity index (χ0n) is 9.10. The van der Waals surface area contributed by atoms with Crippen LogP contribution in [-0.4, -0.2) is 12.5 Å². The number of hydrogen-bond donors (Lipinski definition) is 1. The number of benzene rings is 1. The predicted octanol–water partition coefficient (Wildman–Crippen LogP) is 3.26. The van der Waals surface area contributed by atoms with Crippen LogP contribution in [0.2, 0.25) is 0 Å². The molecule has 0 heterocycles. The van der Waals surface area contributed by atoms with E-state index in [0.717, 1.165) is 18.6 Å². The standard InChI is InChI=1S/C12H12BrF2NO/c13-8-5-9(14)11(10(15)6-8)12(17)16-4-3-7-1-2-7/h5-7H,1-4H2,(H,16,17). The molecule has 0 radical (unpaired) electrons. The van der Waals surface area contributed by atoms with E-state index in [1.807, 2.05) is 0 Å². The molecule has 0 aliphatic heterocycles. The van der Waals surface area contributed by atoms with E-state index in [9.17, 15) is 13.6 Å². The van der Waals surface area contributed by atoms with E-state index in [-0.39, 0.29) is 4.47 Å². The van der Waals surface area contributed by atoms with Crippen molar-refractivity contribution in [2.45, 2.75) is 19.3 Å². The average Bonchev–Trinajstić information content (AvgIpc) is 2.99. The lowest BCUT2D eigenvalue weighted by Crippen LogP contribution is -2.26. The lowest BCUT2D eigenvalue weighted by Gasteiger charge is -2.07. The monoisotopic (exact) mass is 303 g/mol. The smallest absolute Gasteiger partial charge is 0.257 e. The topological polar surface area (TPSA) is 29.1 Å². The molecule has 1 saturated carbocycles. The van der Waals surface area contributed by atoms with Gasteiger partial charge in [0.05, 0.1) is 0 Å². The van der Waals surface area contributed by atoms with E-state index in [1.165, 1.54) is 12.8 Å². The molecule has 1 aliphatic rings. The van der Waals surface area contributed by atoms with Gasteiger partial charge in [0, 0.05) is 11.0 Å². The van der Waals surface area contributed by atoms with Crippen LogP contribution in [0.3, 0.4) is 0 Å². The molecule has 1 amide bonds. The highest BCUT2D eigenvalue weighted by Gasteiger charge is 2.22. The molecule has 0 aromatic heterocycles. The zero-order valence-corrected chi connectivity index (χ0v) is 10.7. The lowest BCUT2D eigenvalue weighted by molar-refractivity contribution is 0.0944. The summed E-state index contributed by atoms with van der Waals surface area (Å²) in [7, 11) is 0. The number of halogens is 3. The molecule has 1 aliphatic carbocycles. The molecule has 0 bridgehead atoms. The molecule has 92 valence electrons. The van der Waals surface area contributed by atoms with Gasteiger partial charge in [0.2, 0.25) is 0 Å². The first-order chi connectivity index (χ1) is 8.08. The van der Waals surface area contributed by atoms with Crippen LogP contribution >= 0.6 is 15.9 Å². The Balaban J connectivity index is 2.01. The quantitative estimate of drug-likeness (QED) is 0.909. The van der Waals surface area contributed by atoms with Gasteiger partial charge in [0.1, 0.15) is 17.2 Å². The number of carbonyl (C=O) groups is 1. The third-order valence-electron chi connectivity index (χ3n) is 2.77. The Bertz CT molecular complexity index is 423. The van der Waals surface area contributed by atoms with E-state index in [4.69, 9.17) is 0 Å². The molecule has 0 unspecified atom stereocenters. The van der Waals surface area contributed by atoms with Crippen molar-refractivity contribution in [1.29, 1.82) is 0 Å². The van der Waals surface area contributed by atoms with Gasteiger partial charge >= 0.3 is 0 Å². The van der Waals surface area contributed by atoms with Crippen LogP contribution in [0.5, 0.6) is 0 Å². The summed E-state index contributed by atoms with van der Waals surface area (Å²) in [5.74, 6) is -1.70. The molecule has 1 fully saturated rings. The van der Waals surface area contributed by atoms with Gasteiger partial charge in [-0.15, -0.1) is 0 Å². The fourth-order valence-electron chi connectivity index (χ4n) is 1.64. The van der Waals surface area contributed by atoms with Gasteiger partial charge in [-0.3, -0.25) is 4.79 Å². The summed E-state index contributed by atoms with van der Waals surface area (Å²) in [4.78, 5) is 11.6. The molecule has 2 rings (SSSR count). The minimum absolute atomic E-state index is 0.280. The molecule has 0 spiro atoms. The molecule has 1 N–H and O–H groups in total. The highest BCUT2D eigenvalue weighted by atomic mass is 79.9. The van der Waals surface area contributed by atoms with Crippen molar-refractivity contribution in [2.75, 3.05) is 6.54 Å². The molecular formula is C12H12BrF2NO. The Labute approximate surface area is 107 Å². The third kappa shape index (κ3) is 3.25. The Morgan fingerprint density at radius 1 is 1.35 bits per heavy atom. The van der Waals surface area contributed by atoms with Gasteiger partial charge < -0.3 is 5.32 Å². The molecule has 2 nitrogen and oxygen atoms in total. The first-order valence-corrected chi connectivity index (χ1v) is 6.30. The summed E-state index contributed by atoms with van der Waals surface area (Å²) >= 11 is 2.96. The highest BCUT2D eigenvalue weighted by molar-refractivity contribution is 9.10. The van der Waals surface area contributed by atoms with E-state index >= 15 is 0 Å². The highest BCUT2D eigenvalue weighted by Crippen LogP contribution is 2.31. The number of hydrogen-bond acceptors (Lipinski definition) is 1. The Morgan fingerprint density at radius 3 is 2.47 bits per heavy atom. The van der Waals surface area contributed by atoms with Gasteiger partial charge in [-0.05, 0) is 24.5 Å². The van der Waals surface area contributed by atoms with E-state index in [2.05, 4.69) is 21.2 Å². The van der Waals surface area contributed by atoms with Crippen molar-refractivity contribution in [2.24, 2.45) is 5.92 Å². The summed E-state index contributed by atoms with van der Waals surface area (Å²) in [6.45, 7) is 0.471. The second kappa shape index (κ2) is 5.12. The van der Waals surface area contributed by atoms with Crippen LogP contribution < -0.4 is 5.32 Å². The van der Waals surface area contributed by atoms with Crippen molar-refractivity contribution >= 4 is 21.8 Å². The zero-order chi connectivity index (χ0) is 12.4. The summed E-state index contributed by atoms with van der Waals surface area (Å²) in [6, 6.07) is 2.16. The van der Waals surface area contributed by atoms with E-state index in [0.29, 0.717) is 12.5 Å². The molecule has 5 heteroatoms. The maximum atomic E-state index is 13.4. The minimum atomic E-state index is -0.846. The van der Waals surface area contributed by atoms with Gasteiger partial charge in [-0.2, -0.15) is 0 Å². The summed E-state index contributed by atoms with van der Waals surface area (Å²) < 4.78 is 27.1. The maximum Gasteiger partial charge on any atom is 0.257 e. The number of nitrogens with one attached hydrogen (secondary N) is 1. The van der Waals surface area contributed by atoms with Crippen molar-refractivity contribution in [1.82, 2.24) is 5.32 Å². The van der Waals surface area contributed by atoms with Crippen molar-refractivity contribution in [3.63, 3.8) is 0 Å². The lowest BCUT2D eigenvalue weighted by atomic mass is 10.2. The molecule has 0 atom stereocenters. The fraction of sp³-hybridized carbons (Fsp3) is 0.417. The molecular weight excluding hydrogens is 292 g/mol. The predicted molar refractivity (Wildman–Crippen MR) is 63.7 cm³/mol. The van der Waals surface area contributed by atoms with Crippen LogP contribution in [0.25, 0.3) is 0 Å². The van der Waals surface area contributed by atoms with Gasteiger partial charge in [-0.25, -0.2) is 8.78 Å². The van der Waals surface area contributed by atoms with Crippen molar-refractivity contribution in [3.8, 4) is 0 Å². The maximum absolute atomic E-state index is 13.4. The van der Waals surface area contributed by atoms with E-state index < -0.39 is 23.1 Å². The number of rotatable bonds is 4. The van der Waals surface area contributed by atoms with Crippen LogP contribution in [0.4, 0.5) is 8.78 Å². The second-order valence-corrected chi connectivity index (χ2v) is 5.15. The first kappa shape index (κ1) is 12.5. The second-order valence-electron chi connectivity index (χ2n) is 4.23. The van der Waals surface area contributed by atoms with Crippen LogP contribution in [0.1, 0.15) is 29.6 Å². The molecule has 1 aromatic rings. The summed E-state index contributed by atoms with van der Waals surface area (Å²) in [5, 5.41) is 2.54. The normalized spacial score (nSPS) is 14.8. The first-order valence-electron chi connectivity index (χ1n) is 5.50. The molecule has 1 aromatic carbocycles. The SMILES string of the molecule is O=C(NCCC1CC1)c1c(F)cc(Br)cc1F. The van der Waals surface area contributed by atoms with E-state index in [1.54, 1.807) is 0 Å². The van der Waals surface area contributed by atoms with Crippen LogP contribution in [0, 0.1) is 17.6 Å². The summed E-state index contributed by atoms with van der Waals surface area (Å²) in [5.41, 5.74) is -0.510. The largest absolute Gasteiger partial charge is 0.352 e. The third-order valence-corrected chi connectivity index (χ3v) is 3.23. The van der Waals surface area contributed by atoms with Gasteiger partial charge in [0.25, 0.3) is 5.91 Å². The molecule has 17 heavy (non-hydrogen) atoms. The van der Waals surface area contributed by atoms with Crippen molar-refractivity contribution < 1.29 is 13.6 Å². The molecule has 0 saturated heterocycles. The number of amides is 1. The Kier molecular flexibility index (Phi) is 3.76. The number of carbonyl (C=O) groups excluding carboxylic acids is 1. The van der Waals surface area contributed by atoms with Gasteiger partial charge in [-0.1, -0.05) is 28.8 Å². The van der Waals surface area contributed by atoms with Crippen molar-refractivity contribution in [3.05, 3.63) is 33.8 Å². The fourth-order valence-corrected chi connectivity index (χ4v) is 2.05. The summed E-state index contributed by atoms with van der Waals surface area (Å²) in [6.07, 6.45) is 3.26. The Hall–Kier alpha value is -0.970. The average molecular weight is 304 g/mol. The van der Waals surface area contributed by atoms with Gasteiger partial charge in [0.15, 0.2) is 0 Å².